The number of nitrogens with zero attached hydrogens (tertiary/aromatic N) is 1. The first kappa shape index (κ1) is 10.8. The van der Waals surface area contributed by atoms with Crippen molar-refractivity contribution in [1.29, 1.82) is 0 Å². The van der Waals surface area contributed by atoms with E-state index in [9.17, 15) is 4.79 Å². The molecule has 1 unspecified atom stereocenters. The van der Waals surface area contributed by atoms with Gasteiger partial charge in [0.05, 0.1) is 30.1 Å². The third kappa shape index (κ3) is 2.29. The average Bonchev–Trinajstić information content (AvgIpc) is 2.81. The molecule has 4 N–H and O–H groups in total. The van der Waals surface area contributed by atoms with Gasteiger partial charge in [0.25, 0.3) is 5.91 Å². The molecule has 1 atom stereocenters. The Kier molecular flexibility index (Phi) is 3.33. The van der Waals surface area contributed by atoms with Gasteiger partial charge in [-0.1, -0.05) is 0 Å². The lowest BCUT2D eigenvalue weighted by Crippen LogP contribution is -2.35. The number of hydrazine groups is 1. The molecule has 0 radical (unpaired) electrons. The van der Waals surface area contributed by atoms with Crippen molar-refractivity contribution in [3.63, 3.8) is 0 Å². The van der Waals surface area contributed by atoms with Crippen LogP contribution < -0.4 is 16.6 Å². The van der Waals surface area contributed by atoms with Crippen LogP contribution in [0.1, 0.15) is 16.8 Å². The molecule has 6 heteroatoms. The first-order valence-electron chi connectivity index (χ1n) is 5.10. The maximum absolute atomic E-state index is 11.9. The van der Waals surface area contributed by atoms with Gasteiger partial charge in [0, 0.05) is 12.8 Å². The van der Waals surface area contributed by atoms with Crippen molar-refractivity contribution in [3.8, 4) is 0 Å². The van der Waals surface area contributed by atoms with E-state index >= 15 is 0 Å². The zero-order valence-electron chi connectivity index (χ0n) is 8.77. The Bertz CT molecular complexity index is 377. The summed E-state index contributed by atoms with van der Waals surface area (Å²) < 4.78 is 5.18. The number of nitrogens with two attached hydrogens (primary N) is 1. The van der Waals surface area contributed by atoms with Gasteiger partial charge in [0.15, 0.2) is 0 Å². The highest BCUT2D eigenvalue weighted by Gasteiger charge is 2.19. The van der Waals surface area contributed by atoms with Crippen LogP contribution in [-0.2, 0) is 4.74 Å². The number of nitrogens with one attached hydrogen (secondary N) is 2. The van der Waals surface area contributed by atoms with E-state index in [1.54, 1.807) is 12.3 Å². The zero-order valence-corrected chi connectivity index (χ0v) is 8.77. The molecule has 6 nitrogen and oxygen atoms in total. The lowest BCUT2D eigenvalue weighted by atomic mass is 10.2. The van der Waals surface area contributed by atoms with E-state index in [1.807, 2.05) is 0 Å². The monoisotopic (exact) mass is 222 g/mol. The number of nitrogen functional groups attached to an aromatic ring is 1. The quantitative estimate of drug-likeness (QED) is 0.490. The van der Waals surface area contributed by atoms with Crippen LogP contribution in [0.4, 0.5) is 5.69 Å². The summed E-state index contributed by atoms with van der Waals surface area (Å²) in [5.74, 6) is 5.14. The molecule has 86 valence electrons. The summed E-state index contributed by atoms with van der Waals surface area (Å²) in [7, 11) is 0. The summed E-state index contributed by atoms with van der Waals surface area (Å²) in [5, 5.41) is 2.88. The molecule has 2 rings (SSSR count). The fourth-order valence-electron chi connectivity index (χ4n) is 1.62. The maximum atomic E-state index is 11.9. The van der Waals surface area contributed by atoms with Crippen molar-refractivity contribution < 1.29 is 9.53 Å². The molecule has 16 heavy (non-hydrogen) atoms. The highest BCUT2D eigenvalue weighted by molar-refractivity contribution is 5.99. The van der Waals surface area contributed by atoms with Gasteiger partial charge in [-0.3, -0.25) is 15.6 Å². The number of hydrogen-bond donors (Lipinski definition) is 3. The summed E-state index contributed by atoms with van der Waals surface area (Å²) in [4.78, 5) is 15.8. The van der Waals surface area contributed by atoms with E-state index in [4.69, 9.17) is 10.6 Å². The summed E-state index contributed by atoms with van der Waals surface area (Å²) in [5.41, 5.74) is 3.45. The highest BCUT2D eigenvalue weighted by atomic mass is 16.5. The Morgan fingerprint density at radius 3 is 3.19 bits per heavy atom. The summed E-state index contributed by atoms with van der Waals surface area (Å²) in [6.07, 6.45) is 3.92. The van der Waals surface area contributed by atoms with Crippen LogP contribution in [0.25, 0.3) is 0 Å². The smallest absolute Gasteiger partial charge is 0.253 e. The summed E-state index contributed by atoms with van der Waals surface area (Å²) in [6, 6.07) is 1.71. The van der Waals surface area contributed by atoms with Gasteiger partial charge in [-0.25, -0.2) is 0 Å². The molecule has 1 aromatic heterocycles. The van der Waals surface area contributed by atoms with Crippen molar-refractivity contribution >= 4 is 11.6 Å². The fraction of sp³-hybridized carbons (Fsp3) is 0.400. The molecular formula is C10H14N4O2. The molecule has 1 saturated heterocycles. The molecule has 0 saturated carbocycles. The van der Waals surface area contributed by atoms with Crippen LogP contribution in [0.15, 0.2) is 18.5 Å². The number of carbonyl (C=O) groups is 1. The SMILES string of the molecule is NNc1cnccc1C(=O)NC1CCOC1. The summed E-state index contributed by atoms with van der Waals surface area (Å²) >= 11 is 0. The van der Waals surface area contributed by atoms with Crippen LogP contribution in [0.2, 0.25) is 0 Å². The second-order valence-corrected chi connectivity index (χ2v) is 3.60. The minimum atomic E-state index is -0.161. The van der Waals surface area contributed by atoms with Crippen LogP contribution in [-0.4, -0.2) is 30.1 Å². The molecular weight excluding hydrogens is 208 g/mol. The maximum Gasteiger partial charge on any atom is 0.253 e. The fourth-order valence-corrected chi connectivity index (χ4v) is 1.62. The molecule has 1 aliphatic heterocycles. The van der Waals surface area contributed by atoms with E-state index in [-0.39, 0.29) is 11.9 Å². The number of aromatic nitrogens is 1. The highest BCUT2D eigenvalue weighted by Crippen LogP contribution is 2.12. The first-order valence-corrected chi connectivity index (χ1v) is 5.10. The minimum absolute atomic E-state index is 0.0892. The average molecular weight is 222 g/mol. The van der Waals surface area contributed by atoms with Gasteiger partial charge in [-0.15, -0.1) is 0 Å². The normalized spacial score (nSPS) is 19.4. The standard InChI is InChI=1S/C10H14N4O2/c11-14-9-5-12-3-1-8(9)10(15)13-7-2-4-16-6-7/h1,3,5,7,14H,2,4,6,11H2,(H,13,15). The number of pyridine rings is 1. The van der Waals surface area contributed by atoms with Gasteiger partial charge in [-0.05, 0) is 12.5 Å². The van der Waals surface area contributed by atoms with Crippen LogP contribution in [0, 0.1) is 0 Å². The Balaban J connectivity index is 2.07. The van der Waals surface area contributed by atoms with Gasteiger partial charge >= 0.3 is 0 Å². The zero-order chi connectivity index (χ0) is 11.4. The largest absolute Gasteiger partial charge is 0.379 e. The van der Waals surface area contributed by atoms with Crippen molar-refractivity contribution in [2.24, 2.45) is 5.84 Å². The summed E-state index contributed by atoms with van der Waals surface area (Å²) in [6.45, 7) is 1.27. The van der Waals surface area contributed by atoms with E-state index in [1.165, 1.54) is 6.20 Å². The van der Waals surface area contributed by atoms with Gasteiger partial charge in [0.1, 0.15) is 0 Å². The van der Waals surface area contributed by atoms with Crippen molar-refractivity contribution in [2.75, 3.05) is 18.6 Å². The molecule has 0 bridgehead atoms. The molecule has 1 amide bonds. The van der Waals surface area contributed by atoms with E-state index < -0.39 is 0 Å². The number of hydrogen-bond acceptors (Lipinski definition) is 5. The third-order valence-corrected chi connectivity index (χ3v) is 2.49. The second kappa shape index (κ2) is 4.91. The second-order valence-electron chi connectivity index (χ2n) is 3.60. The number of ether oxygens (including phenoxy) is 1. The number of anilines is 1. The van der Waals surface area contributed by atoms with Crippen molar-refractivity contribution in [1.82, 2.24) is 10.3 Å². The lowest BCUT2D eigenvalue weighted by molar-refractivity contribution is 0.0930. The Morgan fingerprint density at radius 2 is 2.50 bits per heavy atom. The van der Waals surface area contributed by atoms with E-state index in [0.717, 1.165) is 6.42 Å². The van der Waals surface area contributed by atoms with E-state index in [2.05, 4.69) is 15.7 Å². The lowest BCUT2D eigenvalue weighted by Gasteiger charge is -2.12. The molecule has 2 heterocycles. The molecule has 1 fully saturated rings. The number of amides is 1. The Hall–Kier alpha value is -1.66. The number of carbonyl (C=O) groups excluding carboxylic acids is 1. The van der Waals surface area contributed by atoms with Crippen molar-refractivity contribution in [3.05, 3.63) is 24.0 Å². The molecule has 1 aromatic rings. The minimum Gasteiger partial charge on any atom is -0.379 e. The molecule has 1 aliphatic rings. The first-order chi connectivity index (χ1) is 7.81. The third-order valence-electron chi connectivity index (χ3n) is 2.49. The molecule has 0 spiro atoms. The van der Waals surface area contributed by atoms with Crippen molar-refractivity contribution in [2.45, 2.75) is 12.5 Å². The van der Waals surface area contributed by atoms with Crippen LogP contribution >= 0.6 is 0 Å². The Morgan fingerprint density at radius 1 is 1.62 bits per heavy atom. The van der Waals surface area contributed by atoms with Crippen LogP contribution in [0.5, 0.6) is 0 Å². The topological polar surface area (TPSA) is 89.3 Å². The number of rotatable bonds is 3. The van der Waals surface area contributed by atoms with Gasteiger partial charge in [-0.2, -0.15) is 0 Å². The molecule has 0 aromatic carbocycles. The van der Waals surface area contributed by atoms with Gasteiger partial charge < -0.3 is 15.5 Å². The Labute approximate surface area is 93.2 Å². The predicted octanol–water partition coefficient (Wildman–Crippen LogP) is -0.114. The van der Waals surface area contributed by atoms with Crippen LogP contribution in [0.3, 0.4) is 0 Å². The predicted molar refractivity (Wildman–Crippen MR) is 58.7 cm³/mol. The van der Waals surface area contributed by atoms with E-state index in [0.29, 0.717) is 24.5 Å². The van der Waals surface area contributed by atoms with Gasteiger partial charge in [0.2, 0.25) is 0 Å². The molecule has 0 aliphatic carbocycles.